The van der Waals surface area contributed by atoms with Crippen molar-refractivity contribution in [2.75, 3.05) is 6.54 Å². The Balaban J connectivity index is 2.40. The molecule has 0 spiro atoms. The Hall–Kier alpha value is -2.48. The smallest absolute Gasteiger partial charge is 0.253 e. The minimum absolute atomic E-state index is 0.183. The molecule has 19 heavy (non-hydrogen) atoms. The molecule has 5 nitrogen and oxygen atoms in total. The Labute approximate surface area is 111 Å². The van der Waals surface area contributed by atoms with Crippen LogP contribution >= 0.6 is 0 Å². The van der Waals surface area contributed by atoms with E-state index in [1.165, 1.54) is 0 Å². The lowest BCUT2D eigenvalue weighted by molar-refractivity contribution is 0.0958. The first kappa shape index (κ1) is 13.0. The minimum atomic E-state index is -0.183. The lowest BCUT2D eigenvalue weighted by Gasteiger charge is -2.05. The Morgan fingerprint density at radius 2 is 2.21 bits per heavy atom. The van der Waals surface area contributed by atoms with Crippen molar-refractivity contribution in [2.45, 2.75) is 20.8 Å². The van der Waals surface area contributed by atoms with E-state index in [1.807, 2.05) is 37.5 Å². The first-order valence-corrected chi connectivity index (χ1v) is 5.89. The molecule has 2 aromatic heterocycles. The fourth-order valence-corrected chi connectivity index (χ4v) is 2.03. The van der Waals surface area contributed by atoms with Crippen LogP contribution in [-0.2, 0) is 0 Å². The molecular weight excluding hydrogens is 242 g/mol. The summed E-state index contributed by atoms with van der Waals surface area (Å²) >= 11 is 0. The first-order valence-electron chi connectivity index (χ1n) is 5.89. The van der Waals surface area contributed by atoms with E-state index in [1.54, 1.807) is 0 Å². The van der Waals surface area contributed by atoms with E-state index in [-0.39, 0.29) is 12.5 Å². The normalized spacial score (nSPS) is 10.2. The largest absolute Gasteiger partial charge is 0.360 e. The standard InChI is InChI=1S/C14H15N3O2/c1-5-6-15-14(18)12-7-9(2)17(11(12)4)13-8-10(3)19-16-13/h1,7-8H,6H2,2-4H3,(H,15,18). The zero-order valence-corrected chi connectivity index (χ0v) is 11.2. The number of aryl methyl sites for hydroxylation is 2. The van der Waals surface area contributed by atoms with E-state index < -0.39 is 0 Å². The molecule has 1 N–H and O–H groups in total. The van der Waals surface area contributed by atoms with E-state index in [2.05, 4.69) is 16.4 Å². The SMILES string of the molecule is C#CCNC(=O)c1cc(C)n(-c2cc(C)on2)c1C. The van der Waals surface area contributed by atoms with Crippen molar-refractivity contribution < 1.29 is 9.32 Å². The number of hydrogen-bond acceptors (Lipinski definition) is 3. The van der Waals surface area contributed by atoms with Crippen LogP contribution in [0.25, 0.3) is 5.82 Å². The molecule has 0 aliphatic heterocycles. The third-order valence-electron chi connectivity index (χ3n) is 2.87. The summed E-state index contributed by atoms with van der Waals surface area (Å²) in [6, 6.07) is 3.63. The zero-order chi connectivity index (χ0) is 14.0. The number of rotatable bonds is 3. The molecule has 0 bridgehead atoms. The van der Waals surface area contributed by atoms with E-state index in [0.717, 1.165) is 17.1 Å². The number of nitrogens with one attached hydrogen (secondary N) is 1. The van der Waals surface area contributed by atoms with Gasteiger partial charge >= 0.3 is 0 Å². The van der Waals surface area contributed by atoms with E-state index in [0.29, 0.717) is 11.4 Å². The van der Waals surface area contributed by atoms with Gasteiger partial charge in [-0.1, -0.05) is 11.1 Å². The quantitative estimate of drug-likeness (QED) is 0.852. The van der Waals surface area contributed by atoms with Gasteiger partial charge < -0.3 is 9.84 Å². The van der Waals surface area contributed by atoms with Crippen molar-refractivity contribution in [3.63, 3.8) is 0 Å². The second-order valence-electron chi connectivity index (χ2n) is 4.30. The van der Waals surface area contributed by atoms with Crippen LogP contribution in [-0.4, -0.2) is 22.2 Å². The highest BCUT2D eigenvalue weighted by Crippen LogP contribution is 2.20. The predicted octanol–water partition coefficient (Wildman–Crippen LogP) is 1.75. The molecule has 0 saturated carbocycles. The van der Waals surface area contributed by atoms with Gasteiger partial charge in [0.2, 0.25) is 0 Å². The van der Waals surface area contributed by atoms with Crippen molar-refractivity contribution in [2.24, 2.45) is 0 Å². The molecule has 0 aliphatic carbocycles. The summed E-state index contributed by atoms with van der Waals surface area (Å²) in [5, 5.41) is 6.62. The van der Waals surface area contributed by atoms with Crippen molar-refractivity contribution >= 4 is 5.91 Å². The Bertz CT molecular complexity index is 659. The fraction of sp³-hybridized carbons (Fsp3) is 0.286. The highest BCUT2D eigenvalue weighted by molar-refractivity contribution is 5.96. The van der Waals surface area contributed by atoms with Crippen LogP contribution in [0.2, 0.25) is 0 Å². The average molecular weight is 257 g/mol. The maximum atomic E-state index is 12.0. The molecule has 5 heteroatoms. The van der Waals surface area contributed by atoms with Crippen LogP contribution in [0.1, 0.15) is 27.5 Å². The molecule has 2 rings (SSSR count). The Kier molecular flexibility index (Phi) is 3.43. The summed E-state index contributed by atoms with van der Waals surface area (Å²) < 4.78 is 6.94. The maximum absolute atomic E-state index is 12.0. The molecule has 0 aromatic carbocycles. The van der Waals surface area contributed by atoms with Crippen LogP contribution in [0.4, 0.5) is 0 Å². The number of terminal acetylenes is 1. The number of nitrogens with zero attached hydrogens (tertiary/aromatic N) is 2. The molecule has 0 aliphatic rings. The van der Waals surface area contributed by atoms with Gasteiger partial charge in [0.1, 0.15) is 5.76 Å². The molecule has 0 atom stereocenters. The predicted molar refractivity (Wildman–Crippen MR) is 71.2 cm³/mol. The second-order valence-corrected chi connectivity index (χ2v) is 4.30. The summed E-state index contributed by atoms with van der Waals surface area (Å²) in [6.07, 6.45) is 5.13. The summed E-state index contributed by atoms with van der Waals surface area (Å²) in [4.78, 5) is 12.0. The van der Waals surface area contributed by atoms with E-state index in [9.17, 15) is 4.79 Å². The van der Waals surface area contributed by atoms with Gasteiger partial charge in [-0.2, -0.15) is 0 Å². The van der Waals surface area contributed by atoms with Gasteiger partial charge in [0, 0.05) is 17.5 Å². The van der Waals surface area contributed by atoms with Gasteiger partial charge in [-0.15, -0.1) is 6.42 Å². The van der Waals surface area contributed by atoms with Gasteiger partial charge in [0.25, 0.3) is 5.91 Å². The molecule has 0 radical (unpaired) electrons. The van der Waals surface area contributed by atoms with Gasteiger partial charge in [-0.25, -0.2) is 0 Å². The molecule has 0 unspecified atom stereocenters. The van der Waals surface area contributed by atoms with Gasteiger partial charge in [0.05, 0.1) is 12.1 Å². The van der Waals surface area contributed by atoms with E-state index >= 15 is 0 Å². The first-order chi connectivity index (χ1) is 9.04. The third-order valence-corrected chi connectivity index (χ3v) is 2.87. The van der Waals surface area contributed by atoms with Crippen molar-refractivity contribution in [1.82, 2.24) is 15.0 Å². The van der Waals surface area contributed by atoms with E-state index in [4.69, 9.17) is 10.9 Å². The molecule has 2 heterocycles. The summed E-state index contributed by atoms with van der Waals surface area (Å²) in [7, 11) is 0. The van der Waals surface area contributed by atoms with Gasteiger partial charge in [0.15, 0.2) is 5.82 Å². The van der Waals surface area contributed by atoms with Crippen molar-refractivity contribution in [3.05, 3.63) is 34.8 Å². The lowest BCUT2D eigenvalue weighted by atomic mass is 10.2. The highest BCUT2D eigenvalue weighted by atomic mass is 16.5. The molecule has 0 fully saturated rings. The van der Waals surface area contributed by atoms with Crippen LogP contribution in [0, 0.1) is 33.1 Å². The summed E-state index contributed by atoms with van der Waals surface area (Å²) in [5.41, 5.74) is 2.31. The van der Waals surface area contributed by atoms with Gasteiger partial charge in [-0.05, 0) is 26.8 Å². The topological polar surface area (TPSA) is 60.1 Å². The zero-order valence-electron chi connectivity index (χ0n) is 11.2. The summed E-state index contributed by atoms with van der Waals surface area (Å²) in [6.45, 7) is 5.81. The number of carbonyl (C=O) groups excluding carboxylic acids is 1. The number of carbonyl (C=O) groups is 1. The number of hydrogen-bond donors (Lipinski definition) is 1. The number of aromatic nitrogens is 2. The van der Waals surface area contributed by atoms with Crippen molar-refractivity contribution in [3.8, 4) is 18.2 Å². The third kappa shape index (κ3) is 2.38. The number of amides is 1. The van der Waals surface area contributed by atoms with Crippen LogP contribution in [0.5, 0.6) is 0 Å². The summed E-state index contributed by atoms with van der Waals surface area (Å²) in [5.74, 6) is 3.59. The minimum Gasteiger partial charge on any atom is -0.360 e. The monoisotopic (exact) mass is 257 g/mol. The molecular formula is C14H15N3O2. The average Bonchev–Trinajstić information content (AvgIpc) is 2.90. The van der Waals surface area contributed by atoms with Crippen LogP contribution in [0.3, 0.4) is 0 Å². The maximum Gasteiger partial charge on any atom is 0.253 e. The fourth-order valence-electron chi connectivity index (χ4n) is 2.03. The van der Waals surface area contributed by atoms with Gasteiger partial charge in [-0.3, -0.25) is 9.36 Å². The van der Waals surface area contributed by atoms with Crippen molar-refractivity contribution in [1.29, 1.82) is 0 Å². The molecule has 2 aromatic rings. The molecule has 0 saturated heterocycles. The Morgan fingerprint density at radius 1 is 1.47 bits per heavy atom. The highest BCUT2D eigenvalue weighted by Gasteiger charge is 2.17. The van der Waals surface area contributed by atoms with Crippen LogP contribution in [0.15, 0.2) is 16.7 Å². The second kappa shape index (κ2) is 5.02. The molecule has 98 valence electrons. The Morgan fingerprint density at radius 3 is 2.79 bits per heavy atom. The van der Waals surface area contributed by atoms with Crippen LogP contribution < -0.4 is 5.32 Å². The lowest BCUT2D eigenvalue weighted by Crippen LogP contribution is -2.23. The molecule has 1 amide bonds.